The average molecular weight is 372 g/mol. The lowest BCUT2D eigenvalue weighted by molar-refractivity contribution is -0.139. The van der Waals surface area contributed by atoms with Crippen LogP contribution in [0.2, 0.25) is 0 Å². The zero-order valence-corrected chi connectivity index (χ0v) is 16.3. The summed E-state index contributed by atoms with van der Waals surface area (Å²) in [5.74, 6) is -0.261. The Kier molecular flexibility index (Phi) is 11.7. The number of benzene rings is 1. The van der Waals surface area contributed by atoms with Crippen molar-refractivity contribution in [3.63, 3.8) is 0 Å². The van der Waals surface area contributed by atoms with Crippen LogP contribution in [0, 0.1) is 0 Å². The van der Waals surface area contributed by atoms with Crippen LogP contribution >= 0.6 is 11.6 Å². The minimum Gasteiger partial charge on any atom is -0.480 e. The summed E-state index contributed by atoms with van der Waals surface area (Å²) in [7, 11) is 0. The zero-order chi connectivity index (χ0) is 19.3. The van der Waals surface area contributed by atoms with Crippen LogP contribution in [0.15, 0.2) is 30.3 Å². The summed E-state index contributed by atoms with van der Waals surface area (Å²) in [6.45, 7) is 7.34. The van der Waals surface area contributed by atoms with E-state index in [2.05, 4.69) is 12.2 Å². The van der Waals surface area contributed by atoms with Gasteiger partial charge in [-0.05, 0) is 32.8 Å². The van der Waals surface area contributed by atoms with Gasteiger partial charge < -0.3 is 15.2 Å². The van der Waals surface area contributed by atoms with Gasteiger partial charge in [-0.2, -0.15) is 0 Å². The molecule has 0 saturated heterocycles. The first kappa shape index (κ1) is 23.2. The smallest absolute Gasteiger partial charge is 0.408 e. The van der Waals surface area contributed by atoms with E-state index in [0.29, 0.717) is 0 Å². The molecule has 0 heterocycles. The first-order chi connectivity index (χ1) is 11.7. The van der Waals surface area contributed by atoms with Gasteiger partial charge in [-0.3, -0.25) is 0 Å². The SMILES string of the molecule is CC(C)(C)OC(=O)NC(Cc1ccccc1)C(=O)O.CCCCCCl. The molecule has 0 bridgehead atoms. The number of rotatable bonds is 7. The Balaban J connectivity index is 0.000000823. The Morgan fingerprint density at radius 1 is 1.20 bits per heavy atom. The topological polar surface area (TPSA) is 75.6 Å². The number of amides is 1. The molecular formula is C19H30ClNO4. The first-order valence-corrected chi connectivity index (χ1v) is 9.05. The van der Waals surface area contributed by atoms with E-state index in [-0.39, 0.29) is 6.42 Å². The van der Waals surface area contributed by atoms with Crippen LogP contribution in [0.4, 0.5) is 4.79 Å². The van der Waals surface area contributed by atoms with Crippen LogP contribution in [0.3, 0.4) is 0 Å². The molecule has 142 valence electrons. The molecule has 0 saturated carbocycles. The Labute approximate surface area is 155 Å². The van der Waals surface area contributed by atoms with Gasteiger partial charge in [-0.15, -0.1) is 11.6 Å². The molecule has 1 rings (SSSR count). The van der Waals surface area contributed by atoms with Crippen LogP contribution in [0.25, 0.3) is 0 Å². The zero-order valence-electron chi connectivity index (χ0n) is 15.5. The minimum absolute atomic E-state index is 0.218. The predicted molar refractivity (Wildman–Crippen MR) is 101 cm³/mol. The van der Waals surface area contributed by atoms with E-state index in [9.17, 15) is 9.59 Å². The number of hydrogen-bond donors (Lipinski definition) is 2. The largest absolute Gasteiger partial charge is 0.480 e. The third kappa shape index (κ3) is 13.2. The normalized spacial score (nSPS) is 11.7. The number of nitrogens with one attached hydrogen (secondary N) is 1. The van der Waals surface area contributed by atoms with Crippen LogP contribution in [-0.4, -0.2) is 34.7 Å². The quantitative estimate of drug-likeness (QED) is 0.541. The van der Waals surface area contributed by atoms with E-state index in [0.717, 1.165) is 11.4 Å². The van der Waals surface area contributed by atoms with Gasteiger partial charge in [0.2, 0.25) is 0 Å². The summed E-state index contributed by atoms with van der Waals surface area (Å²) < 4.78 is 5.04. The average Bonchev–Trinajstić information content (AvgIpc) is 2.52. The first-order valence-electron chi connectivity index (χ1n) is 8.51. The molecule has 1 atom stereocenters. The van der Waals surface area contributed by atoms with E-state index in [1.54, 1.807) is 20.8 Å². The molecule has 0 aliphatic heterocycles. The maximum absolute atomic E-state index is 11.6. The maximum Gasteiger partial charge on any atom is 0.408 e. The molecule has 5 nitrogen and oxygen atoms in total. The van der Waals surface area contributed by atoms with Crippen LogP contribution in [0.5, 0.6) is 0 Å². The molecule has 1 amide bonds. The third-order valence-electron chi connectivity index (χ3n) is 3.01. The summed E-state index contributed by atoms with van der Waals surface area (Å²) in [4.78, 5) is 22.7. The number of aliphatic carboxylic acids is 1. The number of alkyl halides is 1. The molecule has 0 aliphatic rings. The van der Waals surface area contributed by atoms with Crippen molar-refractivity contribution in [3.8, 4) is 0 Å². The lowest BCUT2D eigenvalue weighted by Gasteiger charge is -2.22. The highest BCUT2D eigenvalue weighted by Gasteiger charge is 2.24. The number of halogens is 1. The van der Waals surface area contributed by atoms with E-state index < -0.39 is 23.7 Å². The maximum atomic E-state index is 11.6. The molecule has 0 aliphatic carbocycles. The van der Waals surface area contributed by atoms with Crippen molar-refractivity contribution in [1.29, 1.82) is 0 Å². The number of carbonyl (C=O) groups excluding carboxylic acids is 1. The molecule has 0 spiro atoms. The highest BCUT2D eigenvalue weighted by molar-refractivity contribution is 6.17. The molecule has 2 N–H and O–H groups in total. The fourth-order valence-electron chi connectivity index (χ4n) is 1.84. The number of carboxylic acid groups (broad SMARTS) is 1. The number of alkyl carbamates (subject to hydrolysis) is 1. The van der Waals surface area contributed by atoms with E-state index >= 15 is 0 Å². The number of hydrogen-bond acceptors (Lipinski definition) is 3. The number of carbonyl (C=O) groups is 2. The highest BCUT2D eigenvalue weighted by atomic mass is 35.5. The molecule has 0 radical (unpaired) electrons. The Hall–Kier alpha value is -1.75. The van der Waals surface area contributed by atoms with Crippen LogP contribution < -0.4 is 5.32 Å². The third-order valence-corrected chi connectivity index (χ3v) is 3.28. The molecule has 1 aromatic rings. The molecule has 25 heavy (non-hydrogen) atoms. The van der Waals surface area contributed by atoms with Crippen LogP contribution in [-0.2, 0) is 16.0 Å². The highest BCUT2D eigenvalue weighted by Crippen LogP contribution is 2.08. The van der Waals surface area contributed by atoms with E-state index in [1.165, 1.54) is 19.3 Å². The molecule has 0 fully saturated rings. The van der Waals surface area contributed by atoms with Crippen molar-refractivity contribution in [2.75, 3.05) is 5.88 Å². The second-order valence-electron chi connectivity index (χ2n) is 6.62. The van der Waals surface area contributed by atoms with Gasteiger partial charge in [0.1, 0.15) is 11.6 Å². The summed E-state index contributed by atoms with van der Waals surface area (Å²) in [6, 6.07) is 8.11. The van der Waals surface area contributed by atoms with Crippen molar-refractivity contribution in [2.24, 2.45) is 0 Å². The van der Waals surface area contributed by atoms with Crippen LogP contribution in [0.1, 0.15) is 52.5 Å². The van der Waals surface area contributed by atoms with Gasteiger partial charge >= 0.3 is 12.1 Å². The van der Waals surface area contributed by atoms with Gasteiger partial charge in [0, 0.05) is 12.3 Å². The van der Waals surface area contributed by atoms with Gasteiger partial charge in [0.05, 0.1) is 0 Å². The molecule has 1 aromatic carbocycles. The monoisotopic (exact) mass is 371 g/mol. The second-order valence-corrected chi connectivity index (χ2v) is 7.00. The standard InChI is InChI=1S/C14H19NO4.C5H11Cl/c1-14(2,3)19-13(18)15-11(12(16)17)9-10-7-5-4-6-8-10;1-2-3-4-5-6/h4-8,11H,9H2,1-3H3,(H,15,18)(H,16,17);2-5H2,1H3. The predicted octanol–water partition coefficient (Wildman–Crippen LogP) is 4.62. The molecule has 0 aromatic heterocycles. The van der Waals surface area contributed by atoms with E-state index in [1.807, 2.05) is 30.3 Å². The fraction of sp³-hybridized carbons (Fsp3) is 0.579. The van der Waals surface area contributed by atoms with Gasteiger partial charge in [0.25, 0.3) is 0 Å². The summed E-state index contributed by atoms with van der Waals surface area (Å²) in [6.07, 6.45) is 3.22. The Morgan fingerprint density at radius 2 is 1.80 bits per heavy atom. The van der Waals surface area contributed by atoms with Gasteiger partial charge in [-0.1, -0.05) is 50.1 Å². The number of carboxylic acids is 1. The molecule has 6 heteroatoms. The van der Waals surface area contributed by atoms with Crippen molar-refractivity contribution in [3.05, 3.63) is 35.9 Å². The summed E-state index contributed by atoms with van der Waals surface area (Å²) >= 11 is 5.38. The summed E-state index contributed by atoms with van der Waals surface area (Å²) in [5, 5.41) is 11.5. The summed E-state index contributed by atoms with van der Waals surface area (Å²) in [5.41, 5.74) is 0.186. The Morgan fingerprint density at radius 3 is 2.20 bits per heavy atom. The van der Waals surface area contributed by atoms with Crippen molar-refractivity contribution in [1.82, 2.24) is 5.32 Å². The van der Waals surface area contributed by atoms with Gasteiger partial charge in [-0.25, -0.2) is 9.59 Å². The molecule has 1 unspecified atom stereocenters. The van der Waals surface area contributed by atoms with Gasteiger partial charge in [0.15, 0.2) is 0 Å². The molecular weight excluding hydrogens is 342 g/mol. The second kappa shape index (κ2) is 12.6. The number of ether oxygens (including phenoxy) is 1. The van der Waals surface area contributed by atoms with Crippen molar-refractivity contribution < 1.29 is 19.4 Å². The van der Waals surface area contributed by atoms with E-state index in [4.69, 9.17) is 21.4 Å². The number of unbranched alkanes of at least 4 members (excludes halogenated alkanes) is 2. The lowest BCUT2D eigenvalue weighted by Crippen LogP contribution is -2.44. The Bertz CT molecular complexity index is 496. The van der Waals surface area contributed by atoms with Crippen molar-refractivity contribution >= 4 is 23.7 Å². The van der Waals surface area contributed by atoms with Crippen molar-refractivity contribution in [2.45, 2.75) is 65.0 Å². The minimum atomic E-state index is -1.09. The lowest BCUT2D eigenvalue weighted by atomic mass is 10.1. The fourth-order valence-corrected chi connectivity index (χ4v) is 2.03.